The lowest BCUT2D eigenvalue weighted by Crippen LogP contribution is -2.24. The third-order valence-electron chi connectivity index (χ3n) is 3.06. The van der Waals surface area contributed by atoms with Crippen LogP contribution < -0.4 is 5.32 Å². The monoisotopic (exact) mass is 285 g/mol. The van der Waals surface area contributed by atoms with Gasteiger partial charge in [-0.15, -0.1) is 11.3 Å². The first-order valence-corrected chi connectivity index (χ1v) is 7.32. The van der Waals surface area contributed by atoms with Gasteiger partial charge in [-0.2, -0.15) is 0 Å². The van der Waals surface area contributed by atoms with Crippen molar-refractivity contribution in [3.63, 3.8) is 0 Å². The second kappa shape index (κ2) is 5.46. The molecule has 0 unspecified atom stereocenters. The van der Waals surface area contributed by atoms with Gasteiger partial charge >= 0.3 is 0 Å². The predicted molar refractivity (Wildman–Crippen MR) is 79.8 cm³/mol. The molecule has 0 fully saturated rings. The Labute approximate surface area is 121 Å². The fourth-order valence-electron chi connectivity index (χ4n) is 2.11. The maximum atomic E-state index is 11.9. The number of aryl methyl sites for hydroxylation is 1. The van der Waals surface area contributed by atoms with Gasteiger partial charge in [0.25, 0.3) is 0 Å². The predicted octanol–water partition coefficient (Wildman–Crippen LogP) is 2.56. The molecule has 0 aliphatic rings. The van der Waals surface area contributed by atoms with Gasteiger partial charge in [-0.25, -0.2) is 4.98 Å². The zero-order valence-electron chi connectivity index (χ0n) is 11.2. The number of nitrogens with zero attached hydrogens (tertiary/aromatic N) is 2. The summed E-state index contributed by atoms with van der Waals surface area (Å²) < 4.78 is 1.94. The molecule has 0 radical (unpaired) electrons. The summed E-state index contributed by atoms with van der Waals surface area (Å²) in [5.41, 5.74) is 3.12. The molecule has 1 amide bonds. The van der Waals surface area contributed by atoms with E-state index in [4.69, 9.17) is 0 Å². The molecular formula is C15H15N3OS. The number of hydrogen-bond donors (Lipinski definition) is 1. The van der Waals surface area contributed by atoms with Crippen molar-refractivity contribution in [2.75, 3.05) is 0 Å². The number of rotatable bonds is 4. The number of fused-ring (bicyclic) bond motifs is 1. The zero-order valence-corrected chi connectivity index (χ0v) is 12.0. The Hall–Kier alpha value is -2.14. The van der Waals surface area contributed by atoms with Crippen molar-refractivity contribution >= 4 is 22.2 Å². The van der Waals surface area contributed by atoms with Crippen molar-refractivity contribution < 1.29 is 4.79 Å². The first-order valence-electron chi connectivity index (χ1n) is 6.44. The van der Waals surface area contributed by atoms with Gasteiger partial charge in [0.05, 0.1) is 12.1 Å². The molecule has 0 saturated heterocycles. The van der Waals surface area contributed by atoms with Crippen LogP contribution in [0.2, 0.25) is 0 Å². The van der Waals surface area contributed by atoms with Crippen LogP contribution in [0.4, 0.5) is 0 Å². The van der Waals surface area contributed by atoms with Gasteiger partial charge in [0.15, 0.2) is 4.96 Å². The van der Waals surface area contributed by atoms with E-state index in [-0.39, 0.29) is 5.91 Å². The molecule has 4 nitrogen and oxygen atoms in total. The van der Waals surface area contributed by atoms with Crippen LogP contribution in [0.3, 0.4) is 0 Å². The smallest absolute Gasteiger partial charge is 0.226 e. The minimum absolute atomic E-state index is 0.00254. The fourth-order valence-corrected chi connectivity index (χ4v) is 2.83. The maximum Gasteiger partial charge on any atom is 0.226 e. The Morgan fingerprint density at radius 2 is 2.35 bits per heavy atom. The Balaban J connectivity index is 1.58. The summed E-state index contributed by atoms with van der Waals surface area (Å²) in [6.45, 7) is 2.60. The summed E-state index contributed by atoms with van der Waals surface area (Å²) in [6, 6.07) is 8.14. The van der Waals surface area contributed by atoms with E-state index in [9.17, 15) is 4.79 Å². The van der Waals surface area contributed by atoms with Crippen molar-refractivity contribution in [2.24, 2.45) is 0 Å². The summed E-state index contributed by atoms with van der Waals surface area (Å²) in [7, 11) is 0. The van der Waals surface area contributed by atoms with Crippen molar-refractivity contribution in [2.45, 2.75) is 19.9 Å². The lowest BCUT2D eigenvalue weighted by atomic mass is 10.1. The fraction of sp³-hybridized carbons (Fsp3) is 0.200. The number of carbonyl (C=O) groups is 1. The lowest BCUT2D eigenvalue weighted by Gasteiger charge is -2.05. The second-order valence-electron chi connectivity index (χ2n) is 4.77. The average molecular weight is 285 g/mol. The molecule has 1 aromatic carbocycles. The highest BCUT2D eigenvalue weighted by atomic mass is 32.1. The molecule has 5 heteroatoms. The molecule has 3 rings (SSSR count). The quantitative estimate of drug-likeness (QED) is 0.801. The van der Waals surface area contributed by atoms with Crippen LogP contribution in [0, 0.1) is 6.92 Å². The van der Waals surface area contributed by atoms with Gasteiger partial charge < -0.3 is 5.32 Å². The topological polar surface area (TPSA) is 46.4 Å². The number of imidazole rings is 1. The SMILES string of the molecule is Cc1cccc(CNC(=O)Cc2cn3ccsc3n2)c1. The number of aromatic nitrogens is 2. The Bertz CT molecular complexity index is 716. The van der Waals surface area contributed by atoms with Crippen LogP contribution in [0.15, 0.2) is 42.0 Å². The van der Waals surface area contributed by atoms with Gasteiger partial charge in [-0.3, -0.25) is 9.20 Å². The van der Waals surface area contributed by atoms with E-state index in [0.29, 0.717) is 13.0 Å². The highest BCUT2D eigenvalue weighted by Gasteiger charge is 2.08. The van der Waals surface area contributed by atoms with Crippen LogP contribution in [0.5, 0.6) is 0 Å². The summed E-state index contributed by atoms with van der Waals surface area (Å²) in [6.07, 6.45) is 4.17. The van der Waals surface area contributed by atoms with Gasteiger partial charge in [0.1, 0.15) is 0 Å². The third-order valence-corrected chi connectivity index (χ3v) is 3.83. The molecule has 0 spiro atoms. The molecule has 0 aliphatic carbocycles. The minimum atomic E-state index is -0.00254. The molecule has 20 heavy (non-hydrogen) atoms. The Morgan fingerprint density at radius 3 is 3.15 bits per heavy atom. The van der Waals surface area contributed by atoms with Crippen LogP contribution in [-0.4, -0.2) is 15.3 Å². The van der Waals surface area contributed by atoms with E-state index in [2.05, 4.69) is 16.4 Å². The first-order chi connectivity index (χ1) is 9.70. The van der Waals surface area contributed by atoms with E-state index in [1.807, 2.05) is 47.3 Å². The normalized spacial score (nSPS) is 10.8. The van der Waals surface area contributed by atoms with Crippen LogP contribution in [-0.2, 0) is 17.8 Å². The Morgan fingerprint density at radius 1 is 1.45 bits per heavy atom. The largest absolute Gasteiger partial charge is 0.352 e. The number of benzene rings is 1. The van der Waals surface area contributed by atoms with Crippen molar-refractivity contribution in [1.29, 1.82) is 0 Å². The molecule has 0 atom stereocenters. The molecule has 0 bridgehead atoms. The number of nitrogens with one attached hydrogen (secondary N) is 1. The van der Waals surface area contributed by atoms with Crippen molar-refractivity contribution in [1.82, 2.24) is 14.7 Å². The molecular weight excluding hydrogens is 270 g/mol. The van der Waals surface area contributed by atoms with E-state index in [1.54, 1.807) is 11.3 Å². The van der Waals surface area contributed by atoms with Crippen LogP contribution >= 0.6 is 11.3 Å². The highest BCUT2D eigenvalue weighted by Crippen LogP contribution is 2.11. The standard InChI is InChI=1S/C15H15N3OS/c1-11-3-2-4-12(7-11)9-16-14(19)8-13-10-18-5-6-20-15(18)17-13/h2-7,10H,8-9H2,1H3,(H,16,19). The molecule has 0 saturated carbocycles. The molecule has 2 heterocycles. The maximum absolute atomic E-state index is 11.9. The Kier molecular flexibility index (Phi) is 3.52. The van der Waals surface area contributed by atoms with Crippen LogP contribution in [0.25, 0.3) is 4.96 Å². The summed E-state index contributed by atoms with van der Waals surface area (Å²) in [5, 5.41) is 4.90. The third kappa shape index (κ3) is 2.88. The van der Waals surface area contributed by atoms with Gasteiger partial charge in [0, 0.05) is 24.3 Å². The highest BCUT2D eigenvalue weighted by molar-refractivity contribution is 7.15. The number of amides is 1. The number of hydrogen-bond acceptors (Lipinski definition) is 3. The molecule has 3 aromatic rings. The lowest BCUT2D eigenvalue weighted by molar-refractivity contribution is -0.120. The van der Waals surface area contributed by atoms with Crippen molar-refractivity contribution in [3.8, 4) is 0 Å². The molecule has 2 aromatic heterocycles. The number of carbonyl (C=O) groups excluding carboxylic acids is 1. The minimum Gasteiger partial charge on any atom is -0.352 e. The average Bonchev–Trinajstić information content (AvgIpc) is 2.97. The summed E-state index contributed by atoms with van der Waals surface area (Å²) >= 11 is 1.57. The van der Waals surface area contributed by atoms with Gasteiger partial charge in [0.2, 0.25) is 5.91 Å². The van der Waals surface area contributed by atoms with E-state index >= 15 is 0 Å². The van der Waals surface area contributed by atoms with E-state index in [0.717, 1.165) is 16.2 Å². The van der Waals surface area contributed by atoms with Gasteiger partial charge in [-0.1, -0.05) is 29.8 Å². The zero-order chi connectivity index (χ0) is 13.9. The van der Waals surface area contributed by atoms with Crippen molar-refractivity contribution in [3.05, 3.63) is 58.9 Å². The second-order valence-corrected chi connectivity index (χ2v) is 5.64. The number of thiazole rings is 1. The summed E-state index contributed by atoms with van der Waals surface area (Å²) in [4.78, 5) is 17.2. The molecule has 102 valence electrons. The first kappa shape index (κ1) is 12.9. The van der Waals surface area contributed by atoms with E-state index in [1.165, 1.54) is 5.56 Å². The summed E-state index contributed by atoms with van der Waals surface area (Å²) in [5.74, 6) is -0.00254. The van der Waals surface area contributed by atoms with Gasteiger partial charge in [-0.05, 0) is 12.5 Å². The molecule has 0 aliphatic heterocycles. The van der Waals surface area contributed by atoms with E-state index < -0.39 is 0 Å². The molecule has 1 N–H and O–H groups in total. The van der Waals surface area contributed by atoms with Crippen LogP contribution in [0.1, 0.15) is 16.8 Å².